The van der Waals surface area contributed by atoms with E-state index in [9.17, 15) is 4.79 Å². The SMILES string of the molecule is COc1cc(Cl)c(Cl)c(OC(=O)N2CCCCC2C=C2SCCCS2)c1. The summed E-state index contributed by atoms with van der Waals surface area (Å²) in [6, 6.07) is 3.23. The number of piperidine rings is 1. The molecule has 1 unspecified atom stereocenters. The van der Waals surface area contributed by atoms with Crippen LogP contribution >= 0.6 is 46.7 Å². The van der Waals surface area contributed by atoms with Crippen LogP contribution < -0.4 is 9.47 Å². The Hall–Kier alpha value is -0.690. The Balaban J connectivity index is 1.75. The van der Waals surface area contributed by atoms with Gasteiger partial charge in [-0.25, -0.2) is 4.79 Å². The van der Waals surface area contributed by atoms with Crippen LogP contribution in [0.5, 0.6) is 11.5 Å². The van der Waals surface area contributed by atoms with Crippen molar-refractivity contribution < 1.29 is 14.3 Å². The molecule has 1 amide bonds. The van der Waals surface area contributed by atoms with Gasteiger partial charge in [0.05, 0.1) is 18.2 Å². The quantitative estimate of drug-likeness (QED) is 0.578. The fraction of sp³-hybridized carbons (Fsp3) is 0.500. The molecule has 142 valence electrons. The van der Waals surface area contributed by atoms with Crippen LogP contribution in [0.2, 0.25) is 10.0 Å². The van der Waals surface area contributed by atoms with Crippen molar-refractivity contribution in [3.8, 4) is 11.5 Å². The number of likely N-dealkylation sites (tertiary alicyclic amines) is 1. The first-order valence-corrected chi connectivity index (χ1v) is 11.3. The van der Waals surface area contributed by atoms with Crippen LogP contribution in [-0.2, 0) is 0 Å². The average molecular weight is 434 g/mol. The van der Waals surface area contributed by atoms with Crippen molar-refractivity contribution >= 4 is 52.8 Å². The Bertz CT molecular complexity index is 691. The lowest BCUT2D eigenvalue weighted by Gasteiger charge is -2.33. The Labute approximate surface area is 172 Å². The maximum atomic E-state index is 12.8. The molecule has 0 saturated carbocycles. The second-order valence-corrected chi connectivity index (χ2v) is 9.40. The van der Waals surface area contributed by atoms with Crippen LogP contribution in [0.3, 0.4) is 0 Å². The number of rotatable bonds is 3. The summed E-state index contributed by atoms with van der Waals surface area (Å²) in [5, 5.41) is 0.507. The number of carbonyl (C=O) groups is 1. The summed E-state index contributed by atoms with van der Waals surface area (Å²) in [7, 11) is 1.53. The predicted octanol–water partition coefficient (Wildman–Crippen LogP) is 6.07. The third kappa shape index (κ3) is 4.97. The topological polar surface area (TPSA) is 38.8 Å². The molecule has 1 aromatic carbocycles. The van der Waals surface area contributed by atoms with Gasteiger partial charge in [0.15, 0.2) is 5.75 Å². The van der Waals surface area contributed by atoms with Gasteiger partial charge >= 0.3 is 6.09 Å². The minimum Gasteiger partial charge on any atom is -0.497 e. The van der Waals surface area contributed by atoms with E-state index in [2.05, 4.69) is 6.08 Å². The van der Waals surface area contributed by atoms with E-state index in [1.165, 1.54) is 17.8 Å². The van der Waals surface area contributed by atoms with Crippen molar-refractivity contribution in [3.63, 3.8) is 0 Å². The van der Waals surface area contributed by atoms with Crippen molar-refractivity contribution in [1.29, 1.82) is 0 Å². The van der Waals surface area contributed by atoms with Gasteiger partial charge in [0.2, 0.25) is 0 Å². The third-order valence-corrected chi connectivity index (χ3v) is 7.61. The molecular weight excluding hydrogens is 413 g/mol. The van der Waals surface area contributed by atoms with E-state index >= 15 is 0 Å². The fourth-order valence-electron chi connectivity index (χ4n) is 2.94. The normalized spacial score (nSPS) is 20.7. The predicted molar refractivity (Wildman–Crippen MR) is 111 cm³/mol. The Kier molecular flexibility index (Phi) is 7.32. The van der Waals surface area contributed by atoms with Crippen LogP contribution in [0.4, 0.5) is 4.79 Å². The molecule has 2 saturated heterocycles. The fourth-order valence-corrected chi connectivity index (χ4v) is 5.79. The highest BCUT2D eigenvalue weighted by molar-refractivity contribution is 8.22. The Morgan fingerprint density at radius 3 is 2.73 bits per heavy atom. The number of methoxy groups -OCH3 is 1. The third-order valence-electron chi connectivity index (χ3n) is 4.29. The molecule has 0 radical (unpaired) electrons. The molecule has 2 aliphatic heterocycles. The van der Waals surface area contributed by atoms with Crippen LogP contribution in [0.25, 0.3) is 0 Å². The average Bonchev–Trinajstić information content (AvgIpc) is 2.66. The van der Waals surface area contributed by atoms with Gasteiger partial charge in [-0.3, -0.25) is 0 Å². The van der Waals surface area contributed by atoms with Gasteiger partial charge in [-0.15, -0.1) is 23.5 Å². The molecule has 0 bridgehead atoms. The first-order chi connectivity index (χ1) is 12.6. The van der Waals surface area contributed by atoms with E-state index in [0.29, 0.717) is 17.3 Å². The summed E-state index contributed by atoms with van der Waals surface area (Å²) in [5.74, 6) is 3.01. The summed E-state index contributed by atoms with van der Waals surface area (Å²) in [6.07, 6.45) is 6.09. The molecule has 3 rings (SSSR count). The number of hydrogen-bond donors (Lipinski definition) is 0. The lowest BCUT2D eigenvalue weighted by atomic mass is 10.0. The largest absolute Gasteiger partial charge is 0.497 e. The number of hydrogen-bond acceptors (Lipinski definition) is 5. The maximum absolute atomic E-state index is 12.8. The molecular formula is C18H21Cl2NO3S2. The van der Waals surface area contributed by atoms with Crippen molar-refractivity contribution in [2.75, 3.05) is 25.2 Å². The van der Waals surface area contributed by atoms with Gasteiger partial charge in [0.1, 0.15) is 10.8 Å². The summed E-state index contributed by atoms with van der Waals surface area (Å²) >= 11 is 16.0. The Morgan fingerprint density at radius 2 is 2.00 bits per heavy atom. The minimum atomic E-state index is -0.399. The summed E-state index contributed by atoms with van der Waals surface area (Å²) in [6.45, 7) is 0.679. The van der Waals surface area contributed by atoms with Gasteiger partial charge in [0.25, 0.3) is 0 Å². The van der Waals surface area contributed by atoms with E-state index in [4.69, 9.17) is 32.7 Å². The highest BCUT2D eigenvalue weighted by Gasteiger charge is 2.28. The molecule has 2 heterocycles. The molecule has 4 nitrogen and oxygen atoms in total. The number of amides is 1. The van der Waals surface area contributed by atoms with Gasteiger partial charge in [-0.05, 0) is 43.3 Å². The van der Waals surface area contributed by atoms with Crippen LogP contribution in [0.1, 0.15) is 25.7 Å². The maximum Gasteiger partial charge on any atom is 0.415 e. The molecule has 26 heavy (non-hydrogen) atoms. The van der Waals surface area contributed by atoms with Gasteiger partial charge < -0.3 is 14.4 Å². The highest BCUT2D eigenvalue weighted by Crippen LogP contribution is 2.38. The number of nitrogens with zero attached hydrogens (tertiary/aromatic N) is 1. The number of carbonyl (C=O) groups excluding carboxylic acids is 1. The highest BCUT2D eigenvalue weighted by atomic mass is 35.5. The van der Waals surface area contributed by atoms with E-state index in [1.807, 2.05) is 23.5 Å². The standard InChI is InChI=1S/C18H21Cl2NO3S2/c1-23-13-10-14(19)17(20)15(11-13)24-18(22)21-6-3-2-5-12(21)9-16-25-7-4-8-26-16/h9-12H,2-8H2,1H3. The van der Waals surface area contributed by atoms with Crippen molar-refractivity contribution in [2.24, 2.45) is 0 Å². The monoisotopic (exact) mass is 433 g/mol. The number of benzene rings is 1. The molecule has 0 aliphatic carbocycles. The first-order valence-electron chi connectivity index (χ1n) is 8.57. The second-order valence-electron chi connectivity index (χ2n) is 6.08. The number of thioether (sulfide) groups is 2. The number of ether oxygens (including phenoxy) is 2. The lowest BCUT2D eigenvalue weighted by Crippen LogP contribution is -2.44. The molecule has 0 aromatic heterocycles. The molecule has 2 fully saturated rings. The molecule has 0 spiro atoms. The first kappa shape index (κ1) is 20.1. The lowest BCUT2D eigenvalue weighted by molar-refractivity contribution is 0.126. The number of halogens is 2. The second kappa shape index (κ2) is 9.49. The van der Waals surface area contributed by atoms with Crippen LogP contribution in [0.15, 0.2) is 22.4 Å². The minimum absolute atomic E-state index is 0.0594. The van der Waals surface area contributed by atoms with E-state index in [-0.39, 0.29) is 16.8 Å². The van der Waals surface area contributed by atoms with E-state index < -0.39 is 6.09 Å². The van der Waals surface area contributed by atoms with Crippen LogP contribution in [-0.4, -0.2) is 42.2 Å². The molecule has 1 aromatic rings. The van der Waals surface area contributed by atoms with Gasteiger partial charge in [-0.2, -0.15) is 0 Å². The van der Waals surface area contributed by atoms with Crippen LogP contribution in [0, 0.1) is 0 Å². The molecule has 8 heteroatoms. The van der Waals surface area contributed by atoms with Crippen molar-refractivity contribution in [1.82, 2.24) is 4.90 Å². The zero-order chi connectivity index (χ0) is 18.5. The molecule has 1 atom stereocenters. The van der Waals surface area contributed by atoms with Crippen molar-refractivity contribution in [2.45, 2.75) is 31.7 Å². The Morgan fingerprint density at radius 1 is 1.23 bits per heavy atom. The van der Waals surface area contributed by atoms with E-state index in [0.717, 1.165) is 30.8 Å². The smallest absolute Gasteiger partial charge is 0.415 e. The molecule has 2 aliphatic rings. The molecule has 0 N–H and O–H groups in total. The van der Waals surface area contributed by atoms with Gasteiger partial charge in [-0.1, -0.05) is 23.2 Å². The van der Waals surface area contributed by atoms with Gasteiger partial charge in [0, 0.05) is 22.9 Å². The summed E-state index contributed by atoms with van der Waals surface area (Å²) in [4.78, 5) is 14.6. The summed E-state index contributed by atoms with van der Waals surface area (Å²) < 4.78 is 12.1. The summed E-state index contributed by atoms with van der Waals surface area (Å²) in [5.41, 5.74) is 0. The van der Waals surface area contributed by atoms with Crippen molar-refractivity contribution in [3.05, 3.63) is 32.5 Å². The zero-order valence-corrected chi connectivity index (χ0v) is 17.6. The zero-order valence-electron chi connectivity index (χ0n) is 14.5. The van der Waals surface area contributed by atoms with E-state index in [1.54, 1.807) is 17.0 Å².